The van der Waals surface area contributed by atoms with Crippen LogP contribution in [0.5, 0.6) is 0 Å². The molecule has 0 aromatic rings. The summed E-state index contributed by atoms with van der Waals surface area (Å²) in [6.45, 7) is 3.07. The molecule has 4 aliphatic heterocycles. The van der Waals surface area contributed by atoms with Gasteiger partial charge in [-0.25, -0.2) is 5.01 Å². The van der Waals surface area contributed by atoms with Gasteiger partial charge in [0.05, 0.1) is 18.1 Å². The van der Waals surface area contributed by atoms with E-state index in [9.17, 15) is 18.0 Å². The third-order valence-corrected chi connectivity index (χ3v) is 6.77. The third kappa shape index (κ3) is 5.43. The van der Waals surface area contributed by atoms with E-state index in [2.05, 4.69) is 26.9 Å². The summed E-state index contributed by atoms with van der Waals surface area (Å²) in [6, 6.07) is -0.254. The molecule has 8 nitrogen and oxygen atoms in total. The second kappa shape index (κ2) is 9.66. The number of halogens is 3. The molecule has 0 aliphatic carbocycles. The van der Waals surface area contributed by atoms with E-state index in [1.54, 1.807) is 0 Å². The molecule has 0 aromatic heterocycles. The van der Waals surface area contributed by atoms with Crippen LogP contribution in [0.3, 0.4) is 0 Å². The smallest absolute Gasteiger partial charge is 0.349 e. The van der Waals surface area contributed by atoms with Crippen molar-refractivity contribution in [3.63, 3.8) is 0 Å². The minimum atomic E-state index is -4.17. The van der Waals surface area contributed by atoms with Gasteiger partial charge in [-0.05, 0) is 44.8 Å². The number of hydrazine groups is 1. The predicted octanol–water partition coefficient (Wildman–Crippen LogP) is -0.116. The first kappa shape index (κ1) is 22.2. The van der Waals surface area contributed by atoms with Gasteiger partial charge in [0.25, 0.3) is 0 Å². The van der Waals surface area contributed by atoms with Crippen LogP contribution in [-0.2, 0) is 9.63 Å². The van der Waals surface area contributed by atoms with Crippen LogP contribution < -0.4 is 26.9 Å². The van der Waals surface area contributed by atoms with Gasteiger partial charge in [-0.2, -0.15) is 18.7 Å². The van der Waals surface area contributed by atoms with Crippen molar-refractivity contribution in [1.82, 2.24) is 31.9 Å². The summed E-state index contributed by atoms with van der Waals surface area (Å²) >= 11 is 0. The predicted molar refractivity (Wildman–Crippen MR) is 104 cm³/mol. The minimum absolute atomic E-state index is 0.0163. The number of nitrogens with one attached hydrogen (secondary N) is 5. The minimum Gasteiger partial charge on any atom is -0.349 e. The fourth-order valence-corrected chi connectivity index (χ4v) is 5.10. The lowest BCUT2D eigenvalue weighted by atomic mass is 9.85. The van der Waals surface area contributed by atoms with Crippen LogP contribution in [0.1, 0.15) is 32.1 Å². The Morgan fingerprint density at radius 1 is 1.17 bits per heavy atom. The average molecular weight is 435 g/mol. The summed E-state index contributed by atoms with van der Waals surface area (Å²) in [5.74, 6) is -1.89. The summed E-state index contributed by atoms with van der Waals surface area (Å²) in [6.07, 6.45) is -0.0520. The van der Waals surface area contributed by atoms with E-state index in [1.807, 2.05) is 5.01 Å². The maximum atomic E-state index is 13.3. The molecule has 4 saturated heterocycles. The van der Waals surface area contributed by atoms with Crippen LogP contribution in [0.2, 0.25) is 0 Å². The average Bonchev–Trinajstić information content (AvgIpc) is 3.38. The highest BCUT2D eigenvalue weighted by Crippen LogP contribution is 2.36. The zero-order valence-corrected chi connectivity index (χ0v) is 17.1. The highest BCUT2D eigenvalue weighted by atomic mass is 19.4. The topological polar surface area (TPSA) is 89.7 Å². The van der Waals surface area contributed by atoms with Crippen LogP contribution in [0.15, 0.2) is 0 Å². The highest BCUT2D eigenvalue weighted by molar-refractivity contribution is 5.82. The lowest BCUT2D eigenvalue weighted by Crippen LogP contribution is -2.50. The van der Waals surface area contributed by atoms with Gasteiger partial charge in [0, 0.05) is 32.1 Å². The number of carbonyl (C=O) groups excluding carboxylic acids is 1. The van der Waals surface area contributed by atoms with Crippen molar-refractivity contribution in [3.8, 4) is 0 Å². The van der Waals surface area contributed by atoms with E-state index >= 15 is 0 Å². The van der Waals surface area contributed by atoms with Gasteiger partial charge in [-0.15, -0.1) is 0 Å². The summed E-state index contributed by atoms with van der Waals surface area (Å²) in [7, 11) is 0. The first-order valence-corrected chi connectivity index (χ1v) is 11.1. The zero-order valence-electron chi connectivity index (χ0n) is 17.1. The Labute approximate surface area is 174 Å². The van der Waals surface area contributed by atoms with Crippen LogP contribution >= 0.6 is 0 Å². The normalized spacial score (nSPS) is 38.6. The fourth-order valence-electron chi connectivity index (χ4n) is 5.10. The number of rotatable bonds is 5. The molecule has 0 radical (unpaired) electrons. The quantitative estimate of drug-likeness (QED) is 0.412. The molecule has 0 bridgehead atoms. The SMILES string of the molecule is O=C(NC1CNN(CC2CNCCC2C(F)(F)F)C1)C1CC(C2CCCCN2)ON1. The van der Waals surface area contributed by atoms with Crippen molar-refractivity contribution < 1.29 is 22.8 Å². The summed E-state index contributed by atoms with van der Waals surface area (Å²) in [5, 5.41) is 11.3. The molecule has 4 aliphatic rings. The fraction of sp³-hybridized carbons (Fsp3) is 0.947. The van der Waals surface area contributed by atoms with Crippen molar-refractivity contribution in [2.75, 3.05) is 39.3 Å². The Morgan fingerprint density at radius 3 is 2.80 bits per heavy atom. The molecule has 1 amide bonds. The summed E-state index contributed by atoms with van der Waals surface area (Å²) in [5.41, 5.74) is 6.00. The number of amides is 1. The Balaban J connectivity index is 1.21. The molecule has 4 heterocycles. The lowest BCUT2D eigenvalue weighted by molar-refractivity contribution is -0.196. The Bertz CT molecular complexity index is 589. The zero-order chi connectivity index (χ0) is 21.1. The molecule has 6 unspecified atom stereocenters. The molecule has 30 heavy (non-hydrogen) atoms. The van der Waals surface area contributed by atoms with E-state index in [4.69, 9.17) is 4.84 Å². The molecule has 0 aromatic carbocycles. The Hall–Kier alpha value is -0.980. The van der Waals surface area contributed by atoms with Gasteiger partial charge in [-0.1, -0.05) is 6.42 Å². The van der Waals surface area contributed by atoms with Gasteiger partial charge in [0.15, 0.2) is 0 Å². The molecule has 4 rings (SSSR count). The number of hydrogen-bond acceptors (Lipinski definition) is 7. The molecule has 0 saturated carbocycles. The van der Waals surface area contributed by atoms with E-state index in [1.165, 1.54) is 12.8 Å². The number of hydrogen-bond donors (Lipinski definition) is 5. The molecular formula is C19H33F3N6O2. The molecular weight excluding hydrogens is 401 g/mol. The Morgan fingerprint density at radius 2 is 2.03 bits per heavy atom. The number of piperidine rings is 2. The second-order valence-corrected chi connectivity index (χ2v) is 8.99. The van der Waals surface area contributed by atoms with E-state index in [-0.39, 0.29) is 30.5 Å². The first-order chi connectivity index (χ1) is 14.4. The number of nitrogens with zero attached hydrogens (tertiary/aromatic N) is 1. The van der Waals surface area contributed by atoms with Crippen molar-refractivity contribution in [1.29, 1.82) is 0 Å². The van der Waals surface area contributed by atoms with Crippen LogP contribution in [0, 0.1) is 11.8 Å². The van der Waals surface area contributed by atoms with Gasteiger partial charge in [-0.3, -0.25) is 15.1 Å². The molecule has 5 N–H and O–H groups in total. The van der Waals surface area contributed by atoms with Gasteiger partial charge in [0.2, 0.25) is 5.91 Å². The first-order valence-electron chi connectivity index (χ1n) is 11.1. The monoisotopic (exact) mass is 434 g/mol. The van der Waals surface area contributed by atoms with E-state index < -0.39 is 24.1 Å². The maximum absolute atomic E-state index is 13.3. The van der Waals surface area contributed by atoms with Gasteiger partial charge in [0.1, 0.15) is 6.04 Å². The van der Waals surface area contributed by atoms with Crippen molar-refractivity contribution in [3.05, 3.63) is 0 Å². The summed E-state index contributed by atoms with van der Waals surface area (Å²) in [4.78, 5) is 18.3. The number of alkyl halides is 3. The van der Waals surface area contributed by atoms with Crippen LogP contribution in [0.25, 0.3) is 0 Å². The third-order valence-electron chi connectivity index (χ3n) is 6.77. The number of carbonyl (C=O) groups is 1. The number of hydroxylamine groups is 1. The Kier molecular flexibility index (Phi) is 7.16. The molecule has 6 atom stereocenters. The highest BCUT2D eigenvalue weighted by Gasteiger charge is 2.46. The van der Waals surface area contributed by atoms with E-state index in [0.29, 0.717) is 39.1 Å². The van der Waals surface area contributed by atoms with Crippen LogP contribution in [0.4, 0.5) is 13.2 Å². The van der Waals surface area contributed by atoms with Crippen molar-refractivity contribution in [2.24, 2.45) is 11.8 Å². The van der Waals surface area contributed by atoms with Crippen molar-refractivity contribution in [2.45, 2.75) is 62.5 Å². The molecule has 0 spiro atoms. The molecule has 172 valence electrons. The van der Waals surface area contributed by atoms with Crippen LogP contribution in [-0.4, -0.2) is 80.6 Å². The maximum Gasteiger partial charge on any atom is 0.392 e. The largest absolute Gasteiger partial charge is 0.392 e. The summed E-state index contributed by atoms with van der Waals surface area (Å²) < 4.78 is 39.9. The molecule has 4 fully saturated rings. The van der Waals surface area contributed by atoms with Crippen molar-refractivity contribution >= 4 is 5.91 Å². The van der Waals surface area contributed by atoms with Gasteiger partial charge >= 0.3 is 6.18 Å². The molecule has 11 heteroatoms. The standard InChI is InChI=1S/C19H33F3N6O2/c20-19(21,22)14-4-6-23-8-12(14)10-28-11-13(9-25-28)26-18(29)16-7-17(30-27-16)15-3-1-2-5-24-15/h12-17,23-25,27H,1-11H2,(H,26,29). The van der Waals surface area contributed by atoms with Gasteiger partial charge < -0.3 is 16.0 Å². The second-order valence-electron chi connectivity index (χ2n) is 8.99. The lowest BCUT2D eigenvalue weighted by Gasteiger charge is -2.35. The van der Waals surface area contributed by atoms with E-state index in [0.717, 1.165) is 13.0 Å².